The first-order chi connectivity index (χ1) is 22.0. The predicted molar refractivity (Wildman–Crippen MR) is 191 cm³/mol. The molecule has 0 bridgehead atoms. The van der Waals surface area contributed by atoms with Gasteiger partial charge in [0.15, 0.2) is 5.78 Å². The number of allylic oxidation sites excluding steroid dienone is 2. The van der Waals surface area contributed by atoms with E-state index in [4.69, 9.17) is 0 Å². The Morgan fingerprint density at radius 1 is 0.851 bits per heavy atom. The molecule has 0 unspecified atom stereocenters. The smallest absolute Gasteiger partial charge is 0.328 e. The van der Waals surface area contributed by atoms with Gasteiger partial charge in [0.05, 0.1) is 16.8 Å². The topological polar surface area (TPSA) is 77.1 Å². The summed E-state index contributed by atoms with van der Waals surface area (Å²) in [6.45, 7) is 12.5. The van der Waals surface area contributed by atoms with Gasteiger partial charge in [-0.15, -0.1) is 29.1 Å². The fourth-order valence-electron chi connectivity index (χ4n) is 6.10. The van der Waals surface area contributed by atoms with E-state index in [0.29, 0.717) is 5.92 Å². The Kier molecular flexibility index (Phi) is 13.5. The Hall–Kier alpha value is -3.80. The molecule has 2 heterocycles. The largest absolute Gasteiger partial charge is 0.512 e. The minimum absolute atomic E-state index is 0. The van der Waals surface area contributed by atoms with Crippen LogP contribution in [0.2, 0.25) is 0 Å². The van der Waals surface area contributed by atoms with Crippen molar-refractivity contribution >= 4 is 27.6 Å². The molecule has 0 saturated carbocycles. The summed E-state index contributed by atoms with van der Waals surface area (Å²) in [6, 6.07) is 24.4. The molecule has 0 spiro atoms. The molecule has 5 rings (SSSR count). The Bertz CT molecular complexity index is 1910. The Balaban J connectivity index is 0.000000322. The van der Waals surface area contributed by atoms with E-state index in [2.05, 4.69) is 73.4 Å². The van der Waals surface area contributed by atoms with Gasteiger partial charge in [-0.1, -0.05) is 82.8 Å². The average molecular weight is 811 g/mol. The number of carbonyl (C=O) groups excluding carboxylic acids is 1. The number of imidazole rings is 1. The fourth-order valence-corrected chi connectivity index (χ4v) is 6.10. The molecular formula is C40H48IrN3O3-. The van der Waals surface area contributed by atoms with Gasteiger partial charge in [-0.3, -0.25) is 18.9 Å². The van der Waals surface area contributed by atoms with Crippen molar-refractivity contribution in [1.82, 2.24) is 14.1 Å². The molecule has 5 aromatic rings. The summed E-state index contributed by atoms with van der Waals surface area (Å²) >= 11 is 0. The number of carbonyl (C=O) groups is 1. The number of hydrogen-bond donors (Lipinski definition) is 1. The molecule has 7 heteroatoms. The van der Waals surface area contributed by atoms with Crippen LogP contribution in [0, 0.1) is 17.9 Å². The number of rotatable bonds is 10. The molecule has 0 fully saturated rings. The molecule has 1 N–H and O–H groups in total. The number of aromatic nitrogens is 3. The second kappa shape index (κ2) is 16.9. The van der Waals surface area contributed by atoms with Crippen molar-refractivity contribution in [3.05, 3.63) is 101 Å². The zero-order chi connectivity index (χ0) is 33.5. The van der Waals surface area contributed by atoms with E-state index in [1.54, 1.807) is 16.2 Å². The first-order valence-corrected chi connectivity index (χ1v) is 16.6. The van der Waals surface area contributed by atoms with Crippen molar-refractivity contribution in [2.45, 2.75) is 73.1 Å². The van der Waals surface area contributed by atoms with Crippen molar-refractivity contribution in [3.8, 4) is 22.4 Å². The Labute approximate surface area is 292 Å². The van der Waals surface area contributed by atoms with Crippen LogP contribution in [0.3, 0.4) is 0 Å². The molecule has 6 nitrogen and oxygen atoms in total. The van der Waals surface area contributed by atoms with E-state index in [1.165, 1.54) is 17.0 Å². The number of benzene rings is 3. The molecule has 251 valence electrons. The number of aliphatic hydroxyl groups excluding tert-OH is 1. The van der Waals surface area contributed by atoms with E-state index in [-0.39, 0.29) is 49.2 Å². The summed E-state index contributed by atoms with van der Waals surface area (Å²) in [7, 11) is 3.61. The molecule has 0 amide bonds. The SMILES string of the molecule is CC(C)c1cc(-c2cc(-c3ccc4c(c3)n(C)c(=O)n4C)ccn2)[c-]c2ccccc12.CCC(CC)C(=O)/C=C(\O)C(CC)CC.[Ir]. The zero-order valence-corrected chi connectivity index (χ0v) is 31.3. The van der Waals surface area contributed by atoms with Gasteiger partial charge in [0, 0.05) is 64.0 Å². The van der Waals surface area contributed by atoms with Gasteiger partial charge in [0.2, 0.25) is 0 Å². The van der Waals surface area contributed by atoms with Crippen molar-refractivity contribution < 1.29 is 30.0 Å². The van der Waals surface area contributed by atoms with Crippen molar-refractivity contribution in [2.75, 3.05) is 0 Å². The molecule has 1 radical (unpaired) electrons. The van der Waals surface area contributed by atoms with Gasteiger partial charge in [0.25, 0.3) is 0 Å². The summed E-state index contributed by atoms with van der Waals surface area (Å²) in [4.78, 5) is 28.6. The van der Waals surface area contributed by atoms with Gasteiger partial charge >= 0.3 is 5.69 Å². The standard InChI is InChI=1S/C27H24N3O.C13H24O2.Ir/c1-17(2)23-14-21(13-20-7-5-6-8-22(20)23)24-15-19(11-12-28-24)18-9-10-25-26(16-18)30(4)27(31)29(25)3;1-5-10(6-2)12(14)9-13(15)11(7-3)8-4;/h5-12,14-17H,1-4H3;9-11,14H,5-8H2,1-4H3;/q-1;;/b;12-9-;. The summed E-state index contributed by atoms with van der Waals surface area (Å²) in [5, 5.41) is 12.1. The van der Waals surface area contributed by atoms with Crippen LogP contribution in [0.25, 0.3) is 44.2 Å². The molecule has 0 aliphatic heterocycles. The van der Waals surface area contributed by atoms with E-state index >= 15 is 0 Å². The third kappa shape index (κ3) is 8.38. The minimum Gasteiger partial charge on any atom is -0.512 e. The maximum absolute atomic E-state index is 12.3. The zero-order valence-electron chi connectivity index (χ0n) is 28.9. The average Bonchev–Trinajstić information content (AvgIpc) is 3.28. The fraction of sp³-hybridized carbons (Fsp3) is 0.375. The number of hydrogen-bond acceptors (Lipinski definition) is 4. The van der Waals surface area contributed by atoms with Crippen LogP contribution in [0.5, 0.6) is 0 Å². The van der Waals surface area contributed by atoms with Crippen molar-refractivity contribution in [3.63, 3.8) is 0 Å². The quantitative estimate of drug-likeness (QED) is 0.0867. The number of pyridine rings is 1. The first-order valence-electron chi connectivity index (χ1n) is 16.6. The molecule has 3 aromatic carbocycles. The van der Waals surface area contributed by atoms with Gasteiger partial charge < -0.3 is 5.11 Å². The van der Waals surface area contributed by atoms with Crippen LogP contribution in [0.4, 0.5) is 0 Å². The van der Waals surface area contributed by atoms with Gasteiger partial charge in [-0.25, -0.2) is 4.79 Å². The molecule has 2 aromatic heterocycles. The summed E-state index contributed by atoms with van der Waals surface area (Å²) in [6.07, 6.45) is 6.75. The third-order valence-corrected chi connectivity index (χ3v) is 9.15. The van der Waals surface area contributed by atoms with Gasteiger partial charge in [-0.2, -0.15) is 0 Å². The van der Waals surface area contributed by atoms with E-state index in [1.807, 2.05) is 53.1 Å². The number of ketones is 1. The maximum atomic E-state index is 12.3. The van der Waals surface area contributed by atoms with Gasteiger partial charge in [-0.05, 0) is 60.9 Å². The summed E-state index contributed by atoms with van der Waals surface area (Å²) < 4.78 is 3.36. The van der Waals surface area contributed by atoms with Crippen LogP contribution in [0.15, 0.2) is 83.5 Å². The monoisotopic (exact) mass is 811 g/mol. The van der Waals surface area contributed by atoms with E-state index in [0.717, 1.165) is 64.5 Å². The molecule has 0 atom stereocenters. The van der Waals surface area contributed by atoms with E-state index < -0.39 is 0 Å². The van der Waals surface area contributed by atoms with Crippen LogP contribution < -0.4 is 5.69 Å². The third-order valence-electron chi connectivity index (χ3n) is 9.15. The minimum atomic E-state index is -0.0189. The van der Waals surface area contributed by atoms with Gasteiger partial charge in [0.1, 0.15) is 0 Å². The second-order valence-corrected chi connectivity index (χ2v) is 12.4. The number of aryl methyl sites for hydroxylation is 2. The Morgan fingerprint density at radius 2 is 1.47 bits per heavy atom. The van der Waals surface area contributed by atoms with Crippen molar-refractivity contribution in [2.24, 2.45) is 25.9 Å². The molecule has 0 aliphatic carbocycles. The number of nitrogens with zero attached hydrogens (tertiary/aromatic N) is 3. The van der Waals surface area contributed by atoms with Crippen LogP contribution in [-0.4, -0.2) is 25.0 Å². The summed E-state index contributed by atoms with van der Waals surface area (Å²) in [5.74, 6) is 0.953. The molecule has 47 heavy (non-hydrogen) atoms. The normalized spacial score (nSPS) is 11.7. The van der Waals surface area contributed by atoms with Crippen LogP contribution in [0.1, 0.15) is 78.7 Å². The molecule has 0 saturated heterocycles. The van der Waals surface area contributed by atoms with Crippen LogP contribution >= 0.6 is 0 Å². The molecular weight excluding hydrogens is 763 g/mol. The number of fused-ring (bicyclic) bond motifs is 2. The van der Waals surface area contributed by atoms with Crippen LogP contribution in [-0.2, 0) is 39.0 Å². The predicted octanol–water partition coefficient (Wildman–Crippen LogP) is 9.55. The summed E-state index contributed by atoms with van der Waals surface area (Å²) in [5.41, 5.74) is 7.15. The second-order valence-electron chi connectivity index (χ2n) is 12.4. The molecule has 0 aliphatic rings. The Morgan fingerprint density at radius 3 is 2.11 bits per heavy atom. The maximum Gasteiger partial charge on any atom is 0.328 e. The van der Waals surface area contributed by atoms with Crippen molar-refractivity contribution in [1.29, 1.82) is 0 Å². The first kappa shape index (κ1) is 37.7. The number of aliphatic hydroxyl groups is 1. The van der Waals surface area contributed by atoms with E-state index in [9.17, 15) is 14.7 Å².